The van der Waals surface area contributed by atoms with Crippen LogP contribution in [0.2, 0.25) is 0 Å². The molecule has 6 aliphatic heterocycles. The van der Waals surface area contributed by atoms with E-state index >= 15 is 8.78 Å². The molecule has 2 bridgehead atoms. The lowest BCUT2D eigenvalue weighted by Gasteiger charge is -2.40. The van der Waals surface area contributed by atoms with Gasteiger partial charge in [-0.1, -0.05) is 18.7 Å². The average Bonchev–Trinajstić information content (AvgIpc) is 4.17. The van der Waals surface area contributed by atoms with Crippen LogP contribution in [-0.4, -0.2) is 120 Å². The first-order valence-corrected chi connectivity index (χ1v) is 24.4. The van der Waals surface area contributed by atoms with Crippen molar-refractivity contribution in [2.75, 3.05) is 60.3 Å². The van der Waals surface area contributed by atoms with Crippen LogP contribution in [0.3, 0.4) is 0 Å². The first-order valence-electron chi connectivity index (χ1n) is 23.0. The van der Waals surface area contributed by atoms with Crippen LogP contribution in [0.15, 0.2) is 85.3 Å². The van der Waals surface area contributed by atoms with E-state index in [0.29, 0.717) is 65.2 Å². The van der Waals surface area contributed by atoms with Gasteiger partial charge in [0.05, 0.1) is 11.3 Å². The summed E-state index contributed by atoms with van der Waals surface area (Å²) in [6.45, 7) is 8.79. The number of amides is 2. The van der Waals surface area contributed by atoms with E-state index in [1.807, 2.05) is 18.2 Å². The number of nitrogens with one attached hydrogen (secondary N) is 3. The molecule has 0 spiro atoms. The molecule has 67 heavy (non-hydrogen) atoms. The number of aromatic amines is 1. The Labute approximate surface area is 386 Å². The standard InChI is InChI=1S/C49H50F3N9O5S/c1-28-2-11-43(48(63)55-28)61-24-32-18-35(7-8-38(32)49(61)64)57-15-12-29(13-16-57)23-58-26-37-20-36(58)27-60(37)34-5-3-30(4-6-34)31-19-39-40(22-54-47(39)53-21-31)46(62)44-41(51)9-10-42(45(44)52)56-67(65,66)59-17-14-33(50)25-59/h3-10,18-19,21-22,29,33,36-37,43,56H,1-2,11-17,20,23-27H2,(H,53,54)(H,55,63)/t33-,36+,37+,43?/m1/s1. The second-order valence-corrected chi connectivity index (χ2v) is 20.5. The lowest BCUT2D eigenvalue weighted by molar-refractivity contribution is -0.126. The minimum Gasteiger partial charge on any atom is -0.372 e. The molecule has 5 saturated heterocycles. The van der Waals surface area contributed by atoms with Crippen molar-refractivity contribution in [1.82, 2.24) is 29.4 Å². The Hall–Kier alpha value is -6.24. The van der Waals surface area contributed by atoms with Gasteiger partial charge in [-0.25, -0.2) is 18.2 Å². The number of carbonyl (C=O) groups excluding carboxylic acids is 3. The van der Waals surface area contributed by atoms with Gasteiger partial charge in [0, 0.05) is 116 Å². The third kappa shape index (κ3) is 7.91. The molecule has 11 rings (SSSR count). The van der Waals surface area contributed by atoms with Gasteiger partial charge >= 0.3 is 10.2 Å². The predicted molar refractivity (Wildman–Crippen MR) is 248 cm³/mol. The number of H-pyrrole nitrogens is 1. The van der Waals surface area contributed by atoms with Crippen LogP contribution in [0.4, 0.5) is 30.2 Å². The lowest BCUT2D eigenvalue weighted by atomic mass is 9.95. The summed E-state index contributed by atoms with van der Waals surface area (Å²) in [5.74, 6) is -3.16. The van der Waals surface area contributed by atoms with Crippen LogP contribution in [-0.2, 0) is 21.5 Å². The van der Waals surface area contributed by atoms with Gasteiger partial charge in [-0.05, 0) is 104 Å². The van der Waals surface area contributed by atoms with Crippen molar-refractivity contribution in [2.24, 2.45) is 5.92 Å². The highest BCUT2D eigenvalue weighted by Gasteiger charge is 2.44. The molecular formula is C49H50F3N9O5S. The van der Waals surface area contributed by atoms with Crippen molar-refractivity contribution < 1.29 is 36.0 Å². The Bertz CT molecular complexity index is 2960. The van der Waals surface area contributed by atoms with Gasteiger partial charge in [0.25, 0.3) is 5.91 Å². The lowest BCUT2D eigenvalue weighted by Crippen LogP contribution is -2.49. The number of fused-ring (bicyclic) bond motifs is 4. The molecule has 0 saturated carbocycles. The van der Waals surface area contributed by atoms with E-state index in [9.17, 15) is 27.2 Å². The maximum absolute atomic E-state index is 15.8. The smallest absolute Gasteiger partial charge is 0.301 e. The summed E-state index contributed by atoms with van der Waals surface area (Å²) in [6.07, 6.45) is 6.23. The monoisotopic (exact) mass is 933 g/mol. The molecule has 18 heteroatoms. The molecule has 2 amide bonds. The normalized spacial score (nSPS) is 23.7. The number of hydrogen-bond donors (Lipinski definition) is 3. The number of carbonyl (C=O) groups is 3. The SMILES string of the molecule is C=C1CCC(N2Cc3cc(N4CCC(CN5C[C@@H]6C[C@H]5CN6c5ccc(-c6cnc7[nH]cc(C(=O)c8c(F)ccc(NS(=O)(=O)N9CC[C@@H](F)C9)c8F)c7c6)cc5)CC4)ccc3C2=O)C(=O)N1. The molecule has 0 radical (unpaired) electrons. The summed E-state index contributed by atoms with van der Waals surface area (Å²) in [5.41, 5.74) is 4.92. The molecule has 5 aromatic rings. The number of ketones is 1. The zero-order valence-electron chi connectivity index (χ0n) is 36.7. The second-order valence-electron chi connectivity index (χ2n) is 18.8. The molecule has 4 atom stereocenters. The molecule has 6 aliphatic rings. The number of halogens is 3. The molecule has 2 aromatic heterocycles. The summed E-state index contributed by atoms with van der Waals surface area (Å²) in [6, 6.07) is 18.2. The third-order valence-corrected chi connectivity index (χ3v) is 16.2. The largest absolute Gasteiger partial charge is 0.372 e. The fourth-order valence-electron chi connectivity index (χ4n) is 11.1. The minimum atomic E-state index is -4.35. The van der Waals surface area contributed by atoms with Crippen molar-refractivity contribution in [3.63, 3.8) is 0 Å². The van der Waals surface area contributed by atoms with E-state index in [4.69, 9.17) is 0 Å². The highest BCUT2D eigenvalue weighted by atomic mass is 32.2. The van der Waals surface area contributed by atoms with Gasteiger partial charge in [0.1, 0.15) is 23.7 Å². The number of likely N-dealkylation sites (tertiary alicyclic amines) is 1. The number of benzene rings is 3. The van der Waals surface area contributed by atoms with Gasteiger partial charge in [-0.3, -0.25) is 24.0 Å². The highest BCUT2D eigenvalue weighted by molar-refractivity contribution is 7.90. The van der Waals surface area contributed by atoms with Gasteiger partial charge in [0.2, 0.25) is 11.7 Å². The Morgan fingerprint density at radius 3 is 2.40 bits per heavy atom. The van der Waals surface area contributed by atoms with Crippen molar-refractivity contribution in [1.29, 1.82) is 0 Å². The van der Waals surface area contributed by atoms with Crippen LogP contribution in [0, 0.1) is 17.6 Å². The van der Waals surface area contributed by atoms with Crippen molar-refractivity contribution >= 4 is 55.9 Å². The Morgan fingerprint density at radius 2 is 1.67 bits per heavy atom. The fraction of sp³-hybridized carbons (Fsp3) is 0.388. The highest BCUT2D eigenvalue weighted by Crippen LogP contribution is 2.39. The molecule has 3 aromatic carbocycles. The van der Waals surface area contributed by atoms with Crippen LogP contribution in [0.25, 0.3) is 22.2 Å². The van der Waals surface area contributed by atoms with Crippen LogP contribution in [0.1, 0.15) is 70.4 Å². The molecule has 3 N–H and O–H groups in total. The Balaban J connectivity index is 0.701. The fourth-order valence-corrected chi connectivity index (χ4v) is 12.4. The number of pyridine rings is 1. The van der Waals surface area contributed by atoms with Crippen molar-refractivity contribution in [3.05, 3.63) is 119 Å². The molecule has 5 fully saturated rings. The summed E-state index contributed by atoms with van der Waals surface area (Å²) in [7, 11) is -4.35. The third-order valence-electron chi connectivity index (χ3n) is 14.7. The van der Waals surface area contributed by atoms with Gasteiger partial charge in [0.15, 0.2) is 5.82 Å². The topological polar surface area (TPSA) is 154 Å². The van der Waals surface area contributed by atoms with E-state index in [1.54, 1.807) is 17.2 Å². The van der Waals surface area contributed by atoms with Crippen LogP contribution < -0.4 is 19.8 Å². The molecule has 0 aliphatic carbocycles. The first kappa shape index (κ1) is 43.3. The minimum absolute atomic E-state index is 0.00740. The quantitative estimate of drug-likeness (QED) is 0.128. The molecule has 1 unspecified atom stereocenters. The van der Waals surface area contributed by atoms with Crippen LogP contribution >= 0.6 is 0 Å². The van der Waals surface area contributed by atoms with Crippen molar-refractivity contribution in [2.45, 2.75) is 69.4 Å². The van der Waals surface area contributed by atoms with Gasteiger partial charge in [-0.15, -0.1) is 0 Å². The average molecular weight is 934 g/mol. The Kier molecular flexibility index (Phi) is 10.9. The number of piperidine rings is 2. The van der Waals surface area contributed by atoms with Crippen LogP contribution in [0.5, 0.6) is 0 Å². The van der Waals surface area contributed by atoms with E-state index in [2.05, 4.69) is 65.6 Å². The van der Waals surface area contributed by atoms with Gasteiger partial charge < -0.3 is 25.0 Å². The van der Waals surface area contributed by atoms with E-state index < -0.39 is 51.1 Å². The maximum atomic E-state index is 15.8. The molecule has 8 heterocycles. The summed E-state index contributed by atoms with van der Waals surface area (Å²) in [4.78, 5) is 56.4. The van der Waals surface area contributed by atoms with Gasteiger partial charge in [-0.2, -0.15) is 12.7 Å². The number of aromatic nitrogens is 2. The number of piperazine rings is 1. The number of allylic oxidation sites excluding steroid dienone is 1. The number of hydrogen-bond acceptors (Lipinski definition) is 9. The zero-order valence-corrected chi connectivity index (χ0v) is 37.5. The second kappa shape index (κ2) is 16.8. The number of anilines is 3. The predicted octanol–water partition coefficient (Wildman–Crippen LogP) is 6.37. The number of nitrogens with zero attached hydrogens (tertiary/aromatic N) is 6. The number of alkyl halides is 1. The molecule has 348 valence electrons. The first-order chi connectivity index (χ1) is 32.3. The summed E-state index contributed by atoms with van der Waals surface area (Å²) in [5, 5.41) is 3.16. The molecule has 14 nitrogen and oxygen atoms in total. The molecular weight excluding hydrogens is 884 g/mol. The number of rotatable bonds is 11. The Morgan fingerprint density at radius 1 is 0.881 bits per heavy atom. The van der Waals surface area contributed by atoms with Crippen molar-refractivity contribution in [3.8, 4) is 11.1 Å². The summed E-state index contributed by atoms with van der Waals surface area (Å²) >= 11 is 0. The summed E-state index contributed by atoms with van der Waals surface area (Å²) < 4.78 is 73.3. The maximum Gasteiger partial charge on any atom is 0.301 e. The zero-order chi connectivity index (χ0) is 46.3. The van der Waals surface area contributed by atoms with E-state index in [-0.39, 0.29) is 36.9 Å². The van der Waals surface area contributed by atoms with E-state index in [1.165, 1.54) is 6.20 Å². The van der Waals surface area contributed by atoms with E-state index in [0.717, 1.165) is 90.9 Å².